The molecule has 15 heavy (non-hydrogen) atoms. The van der Waals surface area contributed by atoms with Gasteiger partial charge < -0.3 is 15.3 Å². The zero-order chi connectivity index (χ0) is 11.8. The molecule has 0 spiro atoms. The topological polar surface area (TPSA) is 69.6 Å². The van der Waals surface area contributed by atoms with E-state index in [4.69, 9.17) is 5.11 Å². The summed E-state index contributed by atoms with van der Waals surface area (Å²) in [6.45, 7) is 6.66. The lowest BCUT2D eigenvalue weighted by molar-refractivity contribution is -0.146. The van der Waals surface area contributed by atoms with Crippen molar-refractivity contribution in [3.8, 4) is 0 Å². The Morgan fingerprint density at radius 3 is 2.40 bits per heavy atom. The molecule has 0 aliphatic carbocycles. The van der Waals surface area contributed by atoms with Gasteiger partial charge in [0.25, 0.3) is 0 Å². The van der Waals surface area contributed by atoms with E-state index in [0.29, 0.717) is 19.0 Å². The minimum Gasteiger partial charge on any atom is -0.395 e. The fraction of sp³-hybridized carbons (Fsp3) is 0.800. The summed E-state index contributed by atoms with van der Waals surface area (Å²) < 4.78 is 0. The van der Waals surface area contributed by atoms with E-state index < -0.39 is 11.8 Å². The molecule has 0 atom stereocenters. The number of nitrogens with one attached hydrogen (secondary N) is 1. The van der Waals surface area contributed by atoms with Crippen molar-refractivity contribution in [1.82, 2.24) is 10.2 Å². The van der Waals surface area contributed by atoms with E-state index in [2.05, 4.69) is 5.32 Å². The van der Waals surface area contributed by atoms with Crippen LogP contribution in [0, 0.1) is 5.92 Å². The Morgan fingerprint density at radius 2 is 2.00 bits per heavy atom. The average molecular weight is 216 g/mol. The Labute approximate surface area is 90.5 Å². The summed E-state index contributed by atoms with van der Waals surface area (Å²) in [4.78, 5) is 24.1. The molecule has 0 aromatic heterocycles. The van der Waals surface area contributed by atoms with Crippen LogP contribution in [0.1, 0.15) is 20.8 Å². The average Bonchev–Trinajstić information content (AvgIpc) is 2.21. The quantitative estimate of drug-likeness (QED) is 0.614. The molecule has 0 heterocycles. The molecular weight excluding hydrogens is 196 g/mol. The summed E-state index contributed by atoms with van der Waals surface area (Å²) >= 11 is 0. The molecule has 0 fully saturated rings. The van der Waals surface area contributed by atoms with Gasteiger partial charge in [-0.15, -0.1) is 0 Å². The smallest absolute Gasteiger partial charge is 0.311 e. The minimum absolute atomic E-state index is 0.128. The molecule has 0 bridgehead atoms. The van der Waals surface area contributed by atoms with Gasteiger partial charge in [-0.3, -0.25) is 9.59 Å². The fourth-order valence-corrected chi connectivity index (χ4v) is 1.04. The van der Waals surface area contributed by atoms with Crippen molar-refractivity contribution in [3.05, 3.63) is 0 Å². The van der Waals surface area contributed by atoms with Gasteiger partial charge in [-0.1, -0.05) is 13.8 Å². The van der Waals surface area contributed by atoms with Gasteiger partial charge in [0.2, 0.25) is 0 Å². The zero-order valence-electron chi connectivity index (χ0n) is 9.62. The van der Waals surface area contributed by atoms with Crippen LogP contribution in [0.3, 0.4) is 0 Å². The molecule has 88 valence electrons. The van der Waals surface area contributed by atoms with Crippen LogP contribution in [-0.4, -0.2) is 48.1 Å². The second kappa shape index (κ2) is 7.23. The second-order valence-electron chi connectivity index (χ2n) is 3.71. The van der Waals surface area contributed by atoms with Crippen molar-refractivity contribution < 1.29 is 14.7 Å². The number of hydrogen-bond acceptors (Lipinski definition) is 3. The van der Waals surface area contributed by atoms with Crippen LogP contribution in [0.25, 0.3) is 0 Å². The standard InChI is InChI=1S/C10H20N2O3/c1-4-12(5-6-13)10(15)9(14)11-7-8(2)3/h8,13H,4-7H2,1-3H3,(H,11,14). The third-order valence-electron chi connectivity index (χ3n) is 1.90. The van der Waals surface area contributed by atoms with Crippen molar-refractivity contribution in [1.29, 1.82) is 0 Å². The predicted molar refractivity (Wildman–Crippen MR) is 57.2 cm³/mol. The van der Waals surface area contributed by atoms with Gasteiger partial charge in [0, 0.05) is 19.6 Å². The lowest BCUT2D eigenvalue weighted by Crippen LogP contribution is -2.44. The Hall–Kier alpha value is -1.10. The van der Waals surface area contributed by atoms with Crippen molar-refractivity contribution >= 4 is 11.8 Å². The second-order valence-corrected chi connectivity index (χ2v) is 3.71. The first-order chi connectivity index (χ1) is 7.02. The third kappa shape index (κ3) is 5.37. The van der Waals surface area contributed by atoms with Gasteiger partial charge >= 0.3 is 11.8 Å². The third-order valence-corrected chi connectivity index (χ3v) is 1.90. The molecule has 5 heteroatoms. The number of likely N-dealkylation sites (N-methyl/N-ethyl adjacent to an activating group) is 1. The number of carbonyl (C=O) groups is 2. The normalized spacial score (nSPS) is 10.2. The molecule has 0 radical (unpaired) electrons. The van der Waals surface area contributed by atoms with E-state index in [-0.39, 0.29) is 13.2 Å². The number of carbonyl (C=O) groups excluding carboxylic acids is 2. The van der Waals surface area contributed by atoms with Gasteiger partial charge in [0.05, 0.1) is 6.61 Å². The Bertz CT molecular complexity index is 217. The molecule has 0 aliphatic heterocycles. The van der Waals surface area contributed by atoms with Gasteiger partial charge in [-0.25, -0.2) is 0 Å². The van der Waals surface area contributed by atoms with E-state index >= 15 is 0 Å². The van der Waals surface area contributed by atoms with Gasteiger partial charge in [0.1, 0.15) is 0 Å². The highest BCUT2D eigenvalue weighted by Gasteiger charge is 2.19. The summed E-state index contributed by atoms with van der Waals surface area (Å²) in [5, 5.41) is 11.2. The summed E-state index contributed by atoms with van der Waals surface area (Å²) in [5.41, 5.74) is 0. The first-order valence-electron chi connectivity index (χ1n) is 5.20. The van der Waals surface area contributed by atoms with Crippen LogP contribution in [0.15, 0.2) is 0 Å². The molecule has 0 saturated carbocycles. The van der Waals surface area contributed by atoms with Crippen molar-refractivity contribution in [2.24, 2.45) is 5.92 Å². The number of amides is 2. The molecule has 0 rings (SSSR count). The van der Waals surface area contributed by atoms with Crippen LogP contribution < -0.4 is 5.32 Å². The van der Waals surface area contributed by atoms with Crippen LogP contribution in [0.4, 0.5) is 0 Å². The summed E-state index contributed by atoms with van der Waals surface area (Å²) in [5.74, 6) is -0.860. The van der Waals surface area contributed by atoms with E-state index in [9.17, 15) is 9.59 Å². The van der Waals surface area contributed by atoms with Crippen LogP contribution in [0.2, 0.25) is 0 Å². The van der Waals surface area contributed by atoms with Gasteiger partial charge in [-0.2, -0.15) is 0 Å². The van der Waals surface area contributed by atoms with Crippen LogP contribution >= 0.6 is 0 Å². The first-order valence-corrected chi connectivity index (χ1v) is 5.20. The Morgan fingerprint density at radius 1 is 1.40 bits per heavy atom. The number of rotatable bonds is 5. The van der Waals surface area contributed by atoms with Gasteiger partial charge in [-0.05, 0) is 12.8 Å². The number of aliphatic hydroxyl groups excluding tert-OH is 1. The van der Waals surface area contributed by atoms with E-state index in [1.165, 1.54) is 4.90 Å². The molecule has 0 aromatic carbocycles. The lowest BCUT2D eigenvalue weighted by atomic mass is 10.2. The first kappa shape index (κ1) is 13.9. The monoisotopic (exact) mass is 216 g/mol. The van der Waals surface area contributed by atoms with Crippen molar-refractivity contribution in [2.75, 3.05) is 26.2 Å². The van der Waals surface area contributed by atoms with E-state index in [1.54, 1.807) is 6.92 Å². The van der Waals surface area contributed by atoms with Crippen molar-refractivity contribution in [3.63, 3.8) is 0 Å². The SMILES string of the molecule is CCN(CCO)C(=O)C(=O)NCC(C)C. The number of aliphatic hydroxyl groups is 1. The van der Waals surface area contributed by atoms with Crippen LogP contribution in [-0.2, 0) is 9.59 Å². The molecule has 5 nitrogen and oxygen atoms in total. The maximum absolute atomic E-state index is 11.5. The Balaban J connectivity index is 4.10. The number of nitrogens with zero attached hydrogens (tertiary/aromatic N) is 1. The van der Waals surface area contributed by atoms with E-state index in [1.807, 2.05) is 13.8 Å². The molecule has 0 unspecified atom stereocenters. The Kier molecular flexibility index (Phi) is 6.70. The maximum Gasteiger partial charge on any atom is 0.311 e. The molecular formula is C10H20N2O3. The van der Waals surface area contributed by atoms with E-state index in [0.717, 1.165) is 0 Å². The maximum atomic E-state index is 11.5. The highest BCUT2D eigenvalue weighted by atomic mass is 16.3. The zero-order valence-corrected chi connectivity index (χ0v) is 9.62. The molecule has 0 saturated heterocycles. The highest BCUT2D eigenvalue weighted by molar-refractivity contribution is 6.34. The summed E-state index contributed by atoms with van der Waals surface area (Å²) in [7, 11) is 0. The summed E-state index contributed by atoms with van der Waals surface area (Å²) in [6, 6.07) is 0. The highest BCUT2D eigenvalue weighted by Crippen LogP contribution is 1.91. The molecule has 0 aliphatic rings. The summed E-state index contributed by atoms with van der Waals surface area (Å²) in [6.07, 6.45) is 0. The molecule has 2 N–H and O–H groups in total. The number of hydrogen-bond donors (Lipinski definition) is 2. The van der Waals surface area contributed by atoms with Gasteiger partial charge in [0.15, 0.2) is 0 Å². The predicted octanol–water partition coefficient (Wildman–Crippen LogP) is -0.401. The molecule has 2 amide bonds. The molecule has 0 aromatic rings. The fourth-order valence-electron chi connectivity index (χ4n) is 1.04. The largest absolute Gasteiger partial charge is 0.395 e. The van der Waals surface area contributed by atoms with Crippen LogP contribution in [0.5, 0.6) is 0 Å². The lowest BCUT2D eigenvalue weighted by Gasteiger charge is -2.19. The minimum atomic E-state index is -0.598. The van der Waals surface area contributed by atoms with Crippen molar-refractivity contribution in [2.45, 2.75) is 20.8 Å².